The van der Waals surface area contributed by atoms with Crippen molar-refractivity contribution in [1.82, 2.24) is 5.43 Å². The summed E-state index contributed by atoms with van der Waals surface area (Å²) in [6.07, 6.45) is 0.284. The van der Waals surface area contributed by atoms with Crippen LogP contribution in [0.4, 0.5) is 0 Å². The Kier molecular flexibility index (Phi) is 7.10. The van der Waals surface area contributed by atoms with Gasteiger partial charge >= 0.3 is 0 Å². The minimum atomic E-state index is -0.213. The average Bonchev–Trinajstić information content (AvgIpc) is 2.44. The highest BCUT2D eigenvalue weighted by Gasteiger charge is 2.08. The van der Waals surface area contributed by atoms with Gasteiger partial charge in [0.2, 0.25) is 5.91 Å². The second-order valence-electron chi connectivity index (χ2n) is 4.29. The van der Waals surface area contributed by atoms with Gasteiger partial charge in [0.15, 0.2) is 0 Å². The fourth-order valence-corrected chi connectivity index (χ4v) is 1.66. The first-order chi connectivity index (χ1) is 9.17. The molecule has 1 rings (SSSR count). The molecule has 0 aliphatic heterocycles. The number of ether oxygens (including phenoxy) is 2. The molecule has 5 nitrogen and oxygen atoms in total. The molecule has 0 heterocycles. The van der Waals surface area contributed by atoms with Crippen LogP contribution in [0.25, 0.3) is 0 Å². The summed E-state index contributed by atoms with van der Waals surface area (Å²) in [6, 6.07) is 7.68. The van der Waals surface area contributed by atoms with Crippen molar-refractivity contribution < 1.29 is 14.3 Å². The van der Waals surface area contributed by atoms with E-state index in [0.29, 0.717) is 19.8 Å². The van der Waals surface area contributed by atoms with Gasteiger partial charge in [0.05, 0.1) is 25.7 Å². The maximum atomic E-state index is 11.3. The molecule has 0 saturated carbocycles. The Morgan fingerprint density at radius 3 is 2.68 bits per heavy atom. The first-order valence-electron chi connectivity index (χ1n) is 6.43. The quantitative estimate of drug-likeness (QED) is 0.421. The fourth-order valence-electron chi connectivity index (χ4n) is 1.66. The van der Waals surface area contributed by atoms with Gasteiger partial charge in [-0.25, -0.2) is 5.84 Å². The van der Waals surface area contributed by atoms with E-state index in [0.717, 1.165) is 11.1 Å². The number of nitrogens with one attached hydrogen (secondary N) is 1. The van der Waals surface area contributed by atoms with E-state index in [1.807, 2.05) is 38.1 Å². The number of nitrogens with two attached hydrogens (primary N) is 1. The SMILES string of the molecule is CCOCC(C)OCc1ccccc1CC(=O)NN. The molecular formula is C14H22N2O3. The maximum absolute atomic E-state index is 11.3. The molecule has 0 spiro atoms. The van der Waals surface area contributed by atoms with Crippen molar-refractivity contribution in [2.24, 2.45) is 5.84 Å². The van der Waals surface area contributed by atoms with Crippen molar-refractivity contribution in [3.8, 4) is 0 Å². The monoisotopic (exact) mass is 266 g/mol. The van der Waals surface area contributed by atoms with E-state index in [4.69, 9.17) is 15.3 Å². The summed E-state index contributed by atoms with van der Waals surface area (Å²) in [7, 11) is 0. The summed E-state index contributed by atoms with van der Waals surface area (Å²) in [4.78, 5) is 11.3. The van der Waals surface area contributed by atoms with Gasteiger partial charge < -0.3 is 9.47 Å². The molecule has 1 aromatic carbocycles. The maximum Gasteiger partial charge on any atom is 0.238 e. The third kappa shape index (κ3) is 5.83. The molecule has 3 N–H and O–H groups in total. The van der Waals surface area contributed by atoms with Crippen molar-refractivity contribution in [1.29, 1.82) is 0 Å². The number of benzene rings is 1. The second-order valence-corrected chi connectivity index (χ2v) is 4.29. The Morgan fingerprint density at radius 2 is 2.05 bits per heavy atom. The number of hydrazine groups is 1. The van der Waals surface area contributed by atoms with Crippen LogP contribution in [-0.4, -0.2) is 25.2 Å². The summed E-state index contributed by atoms with van der Waals surface area (Å²) in [5, 5.41) is 0. The average molecular weight is 266 g/mol. The Hall–Kier alpha value is -1.43. The molecule has 1 atom stereocenters. The van der Waals surface area contributed by atoms with E-state index in [9.17, 15) is 4.79 Å². The van der Waals surface area contributed by atoms with Crippen molar-refractivity contribution in [2.75, 3.05) is 13.2 Å². The molecule has 1 unspecified atom stereocenters. The van der Waals surface area contributed by atoms with Crippen LogP contribution >= 0.6 is 0 Å². The van der Waals surface area contributed by atoms with Crippen molar-refractivity contribution in [3.05, 3.63) is 35.4 Å². The molecule has 0 aliphatic carbocycles. The van der Waals surface area contributed by atoms with E-state index in [-0.39, 0.29) is 18.4 Å². The lowest BCUT2D eigenvalue weighted by atomic mass is 10.1. The fraction of sp³-hybridized carbons (Fsp3) is 0.500. The Bertz CT molecular complexity index is 396. The van der Waals surface area contributed by atoms with Crippen LogP contribution in [0.3, 0.4) is 0 Å². The number of hydrogen-bond acceptors (Lipinski definition) is 4. The molecule has 19 heavy (non-hydrogen) atoms. The number of rotatable bonds is 8. The molecular weight excluding hydrogens is 244 g/mol. The molecule has 0 aliphatic rings. The lowest BCUT2D eigenvalue weighted by molar-refractivity contribution is -0.120. The van der Waals surface area contributed by atoms with Gasteiger partial charge in [-0.3, -0.25) is 10.2 Å². The normalized spacial score (nSPS) is 12.2. The number of hydrogen-bond donors (Lipinski definition) is 2. The third-order valence-electron chi connectivity index (χ3n) is 2.71. The van der Waals surface area contributed by atoms with Crippen molar-refractivity contribution >= 4 is 5.91 Å². The number of carbonyl (C=O) groups is 1. The van der Waals surface area contributed by atoms with Gasteiger partial charge in [-0.1, -0.05) is 24.3 Å². The van der Waals surface area contributed by atoms with Crippen LogP contribution in [0.2, 0.25) is 0 Å². The molecule has 5 heteroatoms. The lowest BCUT2D eigenvalue weighted by Crippen LogP contribution is -2.31. The largest absolute Gasteiger partial charge is 0.379 e. The predicted molar refractivity (Wildman–Crippen MR) is 73.2 cm³/mol. The topological polar surface area (TPSA) is 73.6 Å². The van der Waals surface area contributed by atoms with Crippen LogP contribution in [-0.2, 0) is 27.3 Å². The Labute approximate surface area is 114 Å². The standard InChI is InChI=1S/C14H22N2O3/c1-3-18-9-11(2)19-10-13-7-5-4-6-12(13)8-14(17)16-15/h4-7,11H,3,8-10,15H2,1-2H3,(H,16,17). The van der Waals surface area contributed by atoms with Crippen molar-refractivity contribution in [2.45, 2.75) is 33.0 Å². The number of amides is 1. The zero-order chi connectivity index (χ0) is 14.1. The van der Waals surface area contributed by atoms with E-state index < -0.39 is 0 Å². The first kappa shape index (κ1) is 15.6. The summed E-state index contributed by atoms with van der Waals surface area (Å²) >= 11 is 0. The van der Waals surface area contributed by atoms with E-state index in [1.54, 1.807) is 0 Å². The van der Waals surface area contributed by atoms with Crippen molar-refractivity contribution in [3.63, 3.8) is 0 Å². The van der Waals surface area contributed by atoms with Crippen LogP contribution in [0, 0.1) is 0 Å². The molecule has 0 saturated heterocycles. The van der Waals surface area contributed by atoms with Crippen LogP contribution in [0.15, 0.2) is 24.3 Å². The second kappa shape index (κ2) is 8.63. The highest BCUT2D eigenvalue weighted by Crippen LogP contribution is 2.12. The number of carbonyl (C=O) groups excluding carboxylic acids is 1. The third-order valence-corrected chi connectivity index (χ3v) is 2.71. The highest BCUT2D eigenvalue weighted by molar-refractivity contribution is 5.78. The molecule has 1 aromatic rings. The van der Waals surface area contributed by atoms with Gasteiger partial charge in [-0.05, 0) is 25.0 Å². The van der Waals surface area contributed by atoms with Gasteiger partial charge in [-0.15, -0.1) is 0 Å². The molecule has 0 radical (unpaired) electrons. The van der Waals surface area contributed by atoms with E-state index in [1.165, 1.54) is 0 Å². The lowest BCUT2D eigenvalue weighted by Gasteiger charge is -2.14. The summed E-state index contributed by atoms with van der Waals surface area (Å²) in [5.74, 6) is 4.89. The molecule has 106 valence electrons. The van der Waals surface area contributed by atoms with Crippen LogP contribution < -0.4 is 11.3 Å². The zero-order valence-corrected chi connectivity index (χ0v) is 11.5. The van der Waals surface area contributed by atoms with Crippen LogP contribution in [0.5, 0.6) is 0 Å². The first-order valence-corrected chi connectivity index (χ1v) is 6.43. The van der Waals surface area contributed by atoms with E-state index in [2.05, 4.69) is 5.43 Å². The van der Waals surface area contributed by atoms with Crippen LogP contribution in [0.1, 0.15) is 25.0 Å². The Morgan fingerprint density at radius 1 is 1.37 bits per heavy atom. The van der Waals surface area contributed by atoms with Gasteiger partial charge in [0.25, 0.3) is 0 Å². The smallest absolute Gasteiger partial charge is 0.238 e. The summed E-state index contributed by atoms with van der Waals surface area (Å²) < 4.78 is 11.0. The minimum Gasteiger partial charge on any atom is -0.379 e. The van der Waals surface area contributed by atoms with E-state index >= 15 is 0 Å². The summed E-state index contributed by atoms with van der Waals surface area (Å²) in [5.41, 5.74) is 4.05. The zero-order valence-electron chi connectivity index (χ0n) is 11.5. The molecule has 1 amide bonds. The van der Waals surface area contributed by atoms with Gasteiger partial charge in [0.1, 0.15) is 0 Å². The Balaban J connectivity index is 2.55. The molecule has 0 aromatic heterocycles. The minimum absolute atomic E-state index is 0.0244. The molecule has 0 bridgehead atoms. The van der Waals surface area contributed by atoms with Gasteiger partial charge in [0, 0.05) is 6.61 Å². The predicted octanol–water partition coefficient (Wildman–Crippen LogP) is 1.16. The summed E-state index contributed by atoms with van der Waals surface area (Å²) in [6.45, 7) is 5.63. The van der Waals surface area contributed by atoms with Gasteiger partial charge in [-0.2, -0.15) is 0 Å². The molecule has 0 fully saturated rings. The highest BCUT2D eigenvalue weighted by atomic mass is 16.5.